The van der Waals surface area contributed by atoms with Gasteiger partial charge in [0.15, 0.2) is 5.11 Å². The highest BCUT2D eigenvalue weighted by Gasteiger charge is 2.26. The molecular weight excluding hydrogens is 415 g/mol. The van der Waals surface area contributed by atoms with E-state index in [9.17, 15) is 4.39 Å². The average molecular weight is 445 g/mol. The Hall–Kier alpha value is -2.42. The maximum atomic E-state index is 13.1. The van der Waals surface area contributed by atoms with Crippen molar-refractivity contribution in [1.29, 1.82) is 0 Å². The van der Waals surface area contributed by atoms with Crippen molar-refractivity contribution in [2.45, 2.75) is 6.10 Å². The van der Waals surface area contributed by atoms with Crippen LogP contribution in [0.15, 0.2) is 48.5 Å². The highest BCUT2D eigenvalue weighted by molar-refractivity contribution is 7.80. The van der Waals surface area contributed by atoms with E-state index in [-0.39, 0.29) is 11.9 Å². The van der Waals surface area contributed by atoms with Crippen LogP contribution in [0, 0.1) is 5.82 Å². The quantitative estimate of drug-likeness (QED) is 0.711. The van der Waals surface area contributed by atoms with Crippen molar-refractivity contribution >= 4 is 28.7 Å². The number of hydrogen-bond donors (Lipinski definition) is 1. The third kappa shape index (κ3) is 5.84. The van der Waals surface area contributed by atoms with Crippen molar-refractivity contribution in [3.05, 3.63) is 54.3 Å². The molecule has 0 saturated carbocycles. The van der Waals surface area contributed by atoms with E-state index < -0.39 is 0 Å². The van der Waals surface area contributed by atoms with Crippen LogP contribution in [0.1, 0.15) is 0 Å². The van der Waals surface area contributed by atoms with E-state index in [1.165, 1.54) is 17.8 Å². The summed E-state index contributed by atoms with van der Waals surface area (Å²) in [7, 11) is 1.70. The lowest BCUT2D eigenvalue weighted by Gasteiger charge is -2.40. The highest BCUT2D eigenvalue weighted by Crippen LogP contribution is 2.22. The minimum absolute atomic E-state index is 0.116. The molecule has 1 N–H and O–H groups in total. The molecule has 2 saturated heterocycles. The molecule has 166 valence electrons. The Morgan fingerprint density at radius 2 is 1.90 bits per heavy atom. The first kappa shape index (κ1) is 21.8. The SMILES string of the molecule is COc1cccc(N2CCN(C[C@@H]3CN(C(=S)Nc4ccc(F)cc4)CCO3)CC2)c1. The summed E-state index contributed by atoms with van der Waals surface area (Å²) in [5, 5.41) is 3.86. The van der Waals surface area contributed by atoms with E-state index in [0.29, 0.717) is 11.7 Å². The first-order chi connectivity index (χ1) is 15.1. The van der Waals surface area contributed by atoms with E-state index in [1.54, 1.807) is 19.2 Å². The summed E-state index contributed by atoms with van der Waals surface area (Å²) in [6.07, 6.45) is 0.116. The Labute approximate surface area is 188 Å². The molecule has 1 atom stereocenters. The zero-order valence-corrected chi connectivity index (χ0v) is 18.6. The van der Waals surface area contributed by atoms with Crippen LogP contribution in [0.25, 0.3) is 0 Å². The number of nitrogens with one attached hydrogen (secondary N) is 1. The molecule has 0 aromatic heterocycles. The first-order valence-corrected chi connectivity index (χ1v) is 11.1. The minimum atomic E-state index is -0.255. The van der Waals surface area contributed by atoms with E-state index in [0.717, 1.165) is 57.3 Å². The van der Waals surface area contributed by atoms with Gasteiger partial charge in [-0.1, -0.05) is 6.07 Å². The van der Waals surface area contributed by atoms with Crippen molar-refractivity contribution < 1.29 is 13.9 Å². The predicted molar refractivity (Wildman–Crippen MR) is 126 cm³/mol. The molecule has 0 unspecified atom stereocenters. The second-order valence-electron chi connectivity index (χ2n) is 7.86. The molecule has 0 aliphatic carbocycles. The normalized spacial score (nSPS) is 19.9. The van der Waals surface area contributed by atoms with E-state index in [4.69, 9.17) is 21.7 Å². The molecule has 0 spiro atoms. The molecule has 2 aromatic carbocycles. The second kappa shape index (κ2) is 10.3. The maximum absolute atomic E-state index is 13.1. The third-order valence-corrected chi connectivity index (χ3v) is 6.13. The Morgan fingerprint density at radius 1 is 1.13 bits per heavy atom. The monoisotopic (exact) mass is 444 g/mol. The minimum Gasteiger partial charge on any atom is -0.497 e. The van der Waals surface area contributed by atoms with Crippen LogP contribution in [0.5, 0.6) is 5.75 Å². The zero-order chi connectivity index (χ0) is 21.6. The van der Waals surface area contributed by atoms with Gasteiger partial charge in [0.1, 0.15) is 11.6 Å². The van der Waals surface area contributed by atoms with E-state index in [2.05, 4.69) is 32.1 Å². The largest absolute Gasteiger partial charge is 0.497 e. The lowest BCUT2D eigenvalue weighted by atomic mass is 10.2. The number of anilines is 2. The summed E-state index contributed by atoms with van der Waals surface area (Å²) in [5.74, 6) is 0.634. The van der Waals surface area contributed by atoms with Crippen LogP contribution in [0.2, 0.25) is 0 Å². The molecule has 4 rings (SSSR count). The smallest absolute Gasteiger partial charge is 0.173 e. The number of thiocarbonyl (C=S) groups is 1. The predicted octanol–water partition coefficient (Wildman–Crippen LogP) is 3.05. The third-order valence-electron chi connectivity index (χ3n) is 5.77. The van der Waals surface area contributed by atoms with Crippen LogP contribution < -0.4 is 15.0 Å². The standard InChI is InChI=1S/C23H29FN4O2S/c1-29-21-4-2-3-20(15-21)27-11-9-26(10-12-27)16-22-17-28(13-14-30-22)23(31)25-19-7-5-18(24)6-8-19/h2-8,15,22H,9-14,16-17H2,1H3,(H,25,31)/t22-/m1/s1. The molecule has 2 heterocycles. The van der Waals surface area contributed by atoms with Gasteiger partial charge in [0.25, 0.3) is 0 Å². The molecule has 2 aliphatic rings. The lowest BCUT2D eigenvalue weighted by Crippen LogP contribution is -2.54. The summed E-state index contributed by atoms with van der Waals surface area (Å²) >= 11 is 5.57. The van der Waals surface area contributed by atoms with Gasteiger partial charge in [-0.15, -0.1) is 0 Å². The number of piperazine rings is 1. The second-order valence-corrected chi connectivity index (χ2v) is 8.25. The van der Waals surface area contributed by atoms with E-state index >= 15 is 0 Å². The molecule has 2 aliphatic heterocycles. The van der Waals surface area contributed by atoms with Gasteiger partial charge in [0, 0.05) is 63.3 Å². The fourth-order valence-electron chi connectivity index (χ4n) is 4.03. The first-order valence-electron chi connectivity index (χ1n) is 10.6. The number of hydrogen-bond acceptors (Lipinski definition) is 5. The Kier molecular flexibility index (Phi) is 7.21. The fraction of sp³-hybridized carbons (Fsp3) is 0.435. The van der Waals surface area contributed by atoms with Gasteiger partial charge in [0.2, 0.25) is 0 Å². The van der Waals surface area contributed by atoms with Gasteiger partial charge in [-0.05, 0) is 48.6 Å². The molecule has 0 amide bonds. The summed E-state index contributed by atoms with van der Waals surface area (Å²) < 4.78 is 24.5. The number of morpholine rings is 1. The summed E-state index contributed by atoms with van der Waals surface area (Å²) in [6.45, 7) is 7.00. The lowest BCUT2D eigenvalue weighted by molar-refractivity contribution is -0.0236. The number of benzene rings is 2. The van der Waals surface area contributed by atoms with Gasteiger partial charge in [-0.3, -0.25) is 4.90 Å². The van der Waals surface area contributed by atoms with Crippen molar-refractivity contribution in [2.24, 2.45) is 0 Å². The van der Waals surface area contributed by atoms with E-state index in [1.807, 2.05) is 12.1 Å². The summed E-state index contributed by atoms with van der Waals surface area (Å²) in [5.41, 5.74) is 2.00. The van der Waals surface area contributed by atoms with Crippen molar-refractivity contribution in [3.63, 3.8) is 0 Å². The molecule has 31 heavy (non-hydrogen) atoms. The molecule has 0 radical (unpaired) electrons. The van der Waals surface area contributed by atoms with Crippen molar-refractivity contribution in [2.75, 3.05) is 69.7 Å². The molecule has 8 heteroatoms. The average Bonchev–Trinajstić information content (AvgIpc) is 2.81. The topological polar surface area (TPSA) is 40.2 Å². The number of halogens is 1. The number of ether oxygens (including phenoxy) is 2. The van der Waals surface area contributed by atoms with Crippen LogP contribution in [-0.4, -0.2) is 80.5 Å². The Morgan fingerprint density at radius 3 is 2.65 bits per heavy atom. The summed E-state index contributed by atoms with van der Waals surface area (Å²) in [6, 6.07) is 14.5. The van der Waals surface area contributed by atoms with Crippen molar-refractivity contribution in [1.82, 2.24) is 9.80 Å². The number of nitrogens with zero attached hydrogens (tertiary/aromatic N) is 3. The maximum Gasteiger partial charge on any atom is 0.173 e. The van der Waals surface area contributed by atoms with Gasteiger partial charge in [-0.25, -0.2) is 4.39 Å². The molecule has 6 nitrogen and oxygen atoms in total. The molecule has 0 bridgehead atoms. The van der Waals surface area contributed by atoms with Gasteiger partial charge < -0.3 is 24.6 Å². The van der Waals surface area contributed by atoms with Crippen molar-refractivity contribution in [3.8, 4) is 5.75 Å². The van der Waals surface area contributed by atoms with Crippen LogP contribution in [-0.2, 0) is 4.74 Å². The number of rotatable bonds is 5. The van der Waals surface area contributed by atoms with Crippen LogP contribution in [0.3, 0.4) is 0 Å². The van der Waals surface area contributed by atoms with Crippen LogP contribution >= 0.6 is 12.2 Å². The Bertz CT molecular complexity index is 874. The fourth-order valence-corrected chi connectivity index (χ4v) is 4.32. The highest BCUT2D eigenvalue weighted by atomic mass is 32.1. The summed E-state index contributed by atoms with van der Waals surface area (Å²) in [4.78, 5) is 7.00. The van der Waals surface area contributed by atoms with Gasteiger partial charge >= 0.3 is 0 Å². The molecule has 2 fully saturated rings. The molecule has 2 aromatic rings. The number of methoxy groups -OCH3 is 1. The molecular formula is C23H29FN4O2S. The van der Waals surface area contributed by atoms with Crippen LogP contribution in [0.4, 0.5) is 15.8 Å². The Balaban J connectivity index is 1.25. The van der Waals surface area contributed by atoms with Gasteiger partial charge in [-0.2, -0.15) is 0 Å². The zero-order valence-electron chi connectivity index (χ0n) is 17.8. The van der Waals surface area contributed by atoms with Gasteiger partial charge in [0.05, 0.1) is 19.8 Å².